The van der Waals surface area contributed by atoms with E-state index in [0.717, 1.165) is 0 Å². The van der Waals surface area contributed by atoms with E-state index in [4.69, 9.17) is 21.1 Å². The lowest BCUT2D eigenvalue weighted by molar-refractivity contribution is -0.162. The number of alkyl halides is 1. The molecule has 0 aromatic carbocycles. The molecule has 1 aliphatic heterocycles. The fourth-order valence-corrected chi connectivity index (χ4v) is 1.70. The molecule has 0 atom stereocenters. The van der Waals surface area contributed by atoms with Crippen LogP contribution in [0.5, 0.6) is 0 Å². The predicted molar refractivity (Wildman–Crippen MR) is 62.7 cm³/mol. The molecule has 0 bridgehead atoms. The first-order chi connectivity index (χ1) is 7.68. The first-order valence-corrected chi connectivity index (χ1v) is 5.92. The van der Waals surface area contributed by atoms with E-state index < -0.39 is 17.1 Å². The largest absolute Gasteiger partial charge is 0.449 e. The Balaban J connectivity index is 2.45. The van der Waals surface area contributed by atoms with Crippen LogP contribution < -0.4 is 0 Å². The molecule has 0 N–H and O–H groups in total. The third-order valence-electron chi connectivity index (χ3n) is 2.41. The zero-order valence-electron chi connectivity index (χ0n) is 10.6. The van der Waals surface area contributed by atoms with Crippen molar-refractivity contribution in [3.05, 3.63) is 0 Å². The van der Waals surface area contributed by atoms with Crippen LogP contribution in [-0.4, -0.2) is 41.7 Å². The van der Waals surface area contributed by atoms with Crippen molar-refractivity contribution in [3.63, 3.8) is 0 Å². The molecule has 1 fully saturated rings. The monoisotopic (exact) mass is 263 g/mol. The molecule has 6 heteroatoms. The maximum atomic E-state index is 11.6. The van der Waals surface area contributed by atoms with Gasteiger partial charge in [-0.15, -0.1) is 0 Å². The van der Waals surface area contributed by atoms with Crippen molar-refractivity contribution < 1.29 is 19.1 Å². The van der Waals surface area contributed by atoms with Gasteiger partial charge in [0.15, 0.2) is 6.07 Å². The van der Waals surface area contributed by atoms with Crippen molar-refractivity contribution in [2.24, 2.45) is 5.41 Å². The molecule has 0 spiro atoms. The van der Waals surface area contributed by atoms with Crippen molar-refractivity contribution in [2.45, 2.75) is 33.3 Å². The average Bonchev–Trinajstić information content (AvgIpc) is 2.10. The second-order valence-corrected chi connectivity index (χ2v) is 5.66. The first-order valence-electron chi connectivity index (χ1n) is 5.39. The number of amides is 1. The molecule has 0 aliphatic carbocycles. The molecule has 0 radical (unpaired) electrons. The first kappa shape index (κ1) is 14.1. The summed E-state index contributed by atoms with van der Waals surface area (Å²) in [6.07, 6.45) is -0.409. The van der Waals surface area contributed by atoms with E-state index in [1.54, 1.807) is 27.7 Å². The van der Waals surface area contributed by atoms with Crippen LogP contribution in [0.2, 0.25) is 0 Å². The Labute approximate surface area is 106 Å². The molecular formula is C11H18ClNO4. The van der Waals surface area contributed by atoms with E-state index in [9.17, 15) is 9.59 Å². The van der Waals surface area contributed by atoms with Gasteiger partial charge in [0.2, 0.25) is 0 Å². The van der Waals surface area contributed by atoms with Crippen LogP contribution in [0.15, 0.2) is 0 Å². The number of carbonyl (C=O) groups excluding carboxylic acids is 2. The SMILES string of the molecule is CC(C)(C)OC(=O)N1CC(C)(C(=O)OCCl)C1. The van der Waals surface area contributed by atoms with Gasteiger partial charge in [-0.3, -0.25) is 4.79 Å². The van der Waals surface area contributed by atoms with Gasteiger partial charge in [0.1, 0.15) is 11.0 Å². The highest BCUT2D eigenvalue weighted by Gasteiger charge is 2.49. The number of likely N-dealkylation sites (tertiary alicyclic amines) is 1. The molecule has 5 nitrogen and oxygen atoms in total. The van der Waals surface area contributed by atoms with Gasteiger partial charge in [-0.1, -0.05) is 11.6 Å². The lowest BCUT2D eigenvalue weighted by Gasteiger charge is -2.45. The van der Waals surface area contributed by atoms with Crippen LogP contribution in [-0.2, 0) is 14.3 Å². The summed E-state index contributed by atoms with van der Waals surface area (Å²) in [5, 5.41) is 0. The van der Waals surface area contributed by atoms with E-state index >= 15 is 0 Å². The zero-order valence-corrected chi connectivity index (χ0v) is 11.3. The summed E-state index contributed by atoms with van der Waals surface area (Å²) in [5.41, 5.74) is -1.19. The third-order valence-corrected chi connectivity index (χ3v) is 2.52. The molecule has 0 aromatic heterocycles. The number of hydrogen-bond acceptors (Lipinski definition) is 4. The Morgan fingerprint density at radius 2 is 1.88 bits per heavy atom. The van der Waals surface area contributed by atoms with Gasteiger partial charge >= 0.3 is 12.1 Å². The van der Waals surface area contributed by atoms with Crippen LogP contribution in [0.4, 0.5) is 4.79 Å². The number of nitrogens with zero attached hydrogens (tertiary/aromatic N) is 1. The highest BCUT2D eigenvalue weighted by molar-refractivity contribution is 6.17. The molecule has 17 heavy (non-hydrogen) atoms. The fourth-order valence-electron chi connectivity index (χ4n) is 1.60. The highest BCUT2D eigenvalue weighted by Crippen LogP contribution is 2.32. The predicted octanol–water partition coefficient (Wildman–Crippen LogP) is 1.98. The minimum absolute atomic E-state index is 0.166. The van der Waals surface area contributed by atoms with Crippen molar-refractivity contribution in [3.8, 4) is 0 Å². The quantitative estimate of drug-likeness (QED) is 0.565. The Kier molecular flexibility index (Phi) is 3.91. The molecule has 1 amide bonds. The number of esters is 1. The van der Waals surface area contributed by atoms with Crippen molar-refractivity contribution in [1.82, 2.24) is 4.90 Å². The average molecular weight is 264 g/mol. The summed E-state index contributed by atoms with van der Waals surface area (Å²) in [6, 6.07) is -0.166. The van der Waals surface area contributed by atoms with Gasteiger partial charge in [0, 0.05) is 13.1 Å². The van der Waals surface area contributed by atoms with Gasteiger partial charge in [-0.05, 0) is 27.7 Å². The van der Waals surface area contributed by atoms with E-state index in [0.29, 0.717) is 13.1 Å². The molecule has 0 unspecified atom stereocenters. The lowest BCUT2D eigenvalue weighted by Crippen LogP contribution is -2.61. The van der Waals surface area contributed by atoms with Crippen LogP contribution >= 0.6 is 11.6 Å². The molecular weight excluding hydrogens is 246 g/mol. The smallest absolute Gasteiger partial charge is 0.410 e. The van der Waals surface area contributed by atoms with Gasteiger partial charge in [0.25, 0.3) is 0 Å². The van der Waals surface area contributed by atoms with Gasteiger partial charge in [0.05, 0.1) is 0 Å². The highest BCUT2D eigenvalue weighted by atomic mass is 35.5. The van der Waals surface area contributed by atoms with Gasteiger partial charge < -0.3 is 14.4 Å². The van der Waals surface area contributed by atoms with E-state index in [2.05, 4.69) is 0 Å². The van der Waals surface area contributed by atoms with Crippen molar-refractivity contribution in [2.75, 3.05) is 19.2 Å². The summed E-state index contributed by atoms with van der Waals surface area (Å²) < 4.78 is 9.91. The van der Waals surface area contributed by atoms with Crippen LogP contribution in [0, 0.1) is 5.41 Å². The normalized spacial score (nSPS) is 18.3. The van der Waals surface area contributed by atoms with Crippen molar-refractivity contribution >= 4 is 23.7 Å². The molecule has 1 saturated heterocycles. The topological polar surface area (TPSA) is 55.8 Å². The lowest BCUT2D eigenvalue weighted by atomic mass is 9.82. The van der Waals surface area contributed by atoms with Crippen molar-refractivity contribution in [1.29, 1.82) is 0 Å². The second-order valence-electron chi connectivity index (χ2n) is 5.44. The number of carbonyl (C=O) groups is 2. The molecule has 1 aliphatic rings. The van der Waals surface area contributed by atoms with Crippen LogP contribution in [0.1, 0.15) is 27.7 Å². The van der Waals surface area contributed by atoms with E-state index in [1.807, 2.05) is 0 Å². The van der Waals surface area contributed by atoms with E-state index in [-0.39, 0.29) is 12.0 Å². The van der Waals surface area contributed by atoms with E-state index in [1.165, 1.54) is 4.90 Å². The number of rotatable bonds is 2. The minimum atomic E-state index is -0.661. The Hall–Kier alpha value is -0.970. The zero-order chi connectivity index (χ0) is 13.3. The summed E-state index contributed by atoms with van der Waals surface area (Å²) >= 11 is 5.32. The summed E-state index contributed by atoms with van der Waals surface area (Å²) in [5.74, 6) is -0.382. The number of ether oxygens (including phenoxy) is 2. The van der Waals surface area contributed by atoms with Gasteiger partial charge in [-0.25, -0.2) is 4.79 Å². The number of hydrogen-bond donors (Lipinski definition) is 0. The summed E-state index contributed by atoms with van der Waals surface area (Å²) in [7, 11) is 0. The third kappa shape index (κ3) is 3.49. The Morgan fingerprint density at radius 1 is 1.35 bits per heavy atom. The summed E-state index contributed by atoms with van der Waals surface area (Å²) in [4.78, 5) is 24.6. The molecule has 0 saturated carbocycles. The molecule has 0 aromatic rings. The molecule has 1 rings (SSSR count). The fraction of sp³-hybridized carbons (Fsp3) is 0.818. The molecule has 1 heterocycles. The molecule has 98 valence electrons. The maximum absolute atomic E-state index is 11.6. The van der Waals surface area contributed by atoms with Gasteiger partial charge in [-0.2, -0.15) is 0 Å². The van der Waals surface area contributed by atoms with Crippen LogP contribution in [0.25, 0.3) is 0 Å². The minimum Gasteiger partial charge on any atom is -0.449 e. The standard InChI is InChI=1S/C11H18ClNO4/c1-10(2,3)17-9(15)13-5-11(4,6-13)8(14)16-7-12/h5-7H2,1-4H3. The number of halogens is 1. The Morgan fingerprint density at radius 3 is 2.29 bits per heavy atom. The second kappa shape index (κ2) is 4.72. The maximum Gasteiger partial charge on any atom is 0.410 e. The van der Waals surface area contributed by atoms with Crippen LogP contribution in [0.3, 0.4) is 0 Å². The Bertz CT molecular complexity index is 318. The summed E-state index contributed by atoms with van der Waals surface area (Å²) in [6.45, 7) is 7.74.